The van der Waals surface area contributed by atoms with Crippen LogP contribution in [0.5, 0.6) is 0 Å². The van der Waals surface area contributed by atoms with Crippen molar-refractivity contribution in [1.29, 1.82) is 0 Å². The molecule has 3 rings (SSSR count). The molecule has 0 atom stereocenters. The van der Waals surface area contributed by atoms with Gasteiger partial charge >= 0.3 is 0 Å². The summed E-state index contributed by atoms with van der Waals surface area (Å²) in [5, 5.41) is 0.704. The van der Waals surface area contributed by atoms with Crippen LogP contribution in [0.4, 0.5) is 20.3 Å². The number of nitrogens with two attached hydrogens (primary N) is 2. The number of anilines is 2. The van der Waals surface area contributed by atoms with Gasteiger partial charge in [-0.05, 0) is 25.0 Å². The van der Waals surface area contributed by atoms with Crippen LogP contribution in [0.1, 0.15) is 37.4 Å². The van der Waals surface area contributed by atoms with Crippen LogP contribution in [0.15, 0.2) is 18.2 Å². The first-order valence-electron chi connectivity index (χ1n) is 6.66. The lowest BCUT2D eigenvalue weighted by Crippen LogP contribution is -2.24. The number of hydrogen-bond acceptors (Lipinski definition) is 4. The third kappa shape index (κ3) is 2.26. The van der Waals surface area contributed by atoms with E-state index in [0.717, 1.165) is 0 Å². The highest BCUT2D eigenvalue weighted by Crippen LogP contribution is 2.40. The van der Waals surface area contributed by atoms with Crippen LogP contribution < -0.4 is 11.5 Å². The molecule has 4 nitrogen and oxygen atoms in total. The number of aromatic nitrogens is 2. The zero-order chi connectivity index (χ0) is 14.3. The summed E-state index contributed by atoms with van der Waals surface area (Å²) in [4.78, 5) is 8.73. The largest absolute Gasteiger partial charge is 0.397 e. The first-order chi connectivity index (χ1) is 9.46. The van der Waals surface area contributed by atoms with E-state index in [2.05, 4.69) is 9.97 Å². The van der Waals surface area contributed by atoms with E-state index in [1.807, 2.05) is 0 Å². The standard InChI is InChI=1S/C14H16F2N4/c15-14(16)6-4-8(5-7-14)13-19-11-9(12(18)20-13)2-1-3-10(11)17/h1-3,8H,4-7,17H2,(H2,18,19,20). The molecule has 0 amide bonds. The van der Waals surface area contributed by atoms with Gasteiger partial charge in [-0.2, -0.15) is 0 Å². The Kier molecular flexibility index (Phi) is 2.96. The zero-order valence-electron chi connectivity index (χ0n) is 10.9. The maximum Gasteiger partial charge on any atom is 0.248 e. The zero-order valence-corrected chi connectivity index (χ0v) is 10.9. The number of para-hydroxylation sites is 1. The normalized spacial score (nSPS) is 19.3. The molecule has 1 aliphatic rings. The second-order valence-corrected chi connectivity index (χ2v) is 5.34. The summed E-state index contributed by atoms with van der Waals surface area (Å²) in [6.45, 7) is 0. The van der Waals surface area contributed by atoms with Gasteiger partial charge in [0.1, 0.15) is 11.6 Å². The molecule has 0 radical (unpaired) electrons. The Balaban J connectivity index is 1.99. The predicted molar refractivity (Wildman–Crippen MR) is 74.5 cm³/mol. The van der Waals surface area contributed by atoms with Crippen LogP contribution in [-0.4, -0.2) is 15.9 Å². The first-order valence-corrected chi connectivity index (χ1v) is 6.66. The van der Waals surface area contributed by atoms with Gasteiger partial charge in [0, 0.05) is 24.1 Å². The lowest BCUT2D eigenvalue weighted by molar-refractivity contribution is -0.0387. The highest BCUT2D eigenvalue weighted by molar-refractivity contribution is 5.95. The molecular weight excluding hydrogens is 262 g/mol. The average Bonchev–Trinajstić information content (AvgIpc) is 2.40. The van der Waals surface area contributed by atoms with Gasteiger partial charge in [-0.25, -0.2) is 18.7 Å². The summed E-state index contributed by atoms with van der Waals surface area (Å²) in [5.74, 6) is -1.74. The molecule has 0 unspecified atom stereocenters. The van der Waals surface area contributed by atoms with Gasteiger partial charge in [0.15, 0.2) is 0 Å². The molecule has 4 N–H and O–H groups in total. The maximum atomic E-state index is 13.2. The Bertz CT molecular complexity index is 647. The van der Waals surface area contributed by atoms with Gasteiger partial charge < -0.3 is 11.5 Å². The minimum atomic E-state index is -2.56. The number of benzene rings is 1. The van der Waals surface area contributed by atoms with E-state index in [1.54, 1.807) is 18.2 Å². The molecule has 0 saturated heterocycles. The Hall–Kier alpha value is -1.98. The molecule has 1 aromatic heterocycles. The third-order valence-electron chi connectivity index (χ3n) is 3.89. The molecule has 1 aliphatic carbocycles. The fourth-order valence-corrected chi connectivity index (χ4v) is 2.70. The van der Waals surface area contributed by atoms with Crippen molar-refractivity contribution in [3.63, 3.8) is 0 Å². The summed E-state index contributed by atoms with van der Waals surface area (Å²) < 4.78 is 26.4. The van der Waals surface area contributed by atoms with Crippen LogP contribution >= 0.6 is 0 Å². The molecule has 2 aromatic rings. The second-order valence-electron chi connectivity index (χ2n) is 5.34. The SMILES string of the molecule is Nc1nc(C2CCC(F)(F)CC2)nc2c(N)cccc12. The van der Waals surface area contributed by atoms with E-state index in [-0.39, 0.29) is 18.8 Å². The summed E-state index contributed by atoms with van der Waals surface area (Å²) in [7, 11) is 0. The highest BCUT2D eigenvalue weighted by atomic mass is 19.3. The van der Waals surface area contributed by atoms with E-state index in [9.17, 15) is 8.78 Å². The number of nitrogens with zero attached hydrogens (tertiary/aromatic N) is 2. The number of halogens is 2. The summed E-state index contributed by atoms with van der Waals surface area (Å²) in [6.07, 6.45) is 0.516. The van der Waals surface area contributed by atoms with Gasteiger partial charge in [0.25, 0.3) is 0 Å². The molecule has 1 fully saturated rings. The van der Waals surface area contributed by atoms with Crippen molar-refractivity contribution in [1.82, 2.24) is 9.97 Å². The predicted octanol–water partition coefficient (Wildman–Crippen LogP) is 3.09. The van der Waals surface area contributed by atoms with Crippen molar-refractivity contribution in [2.75, 3.05) is 11.5 Å². The van der Waals surface area contributed by atoms with Gasteiger partial charge in [0.05, 0.1) is 11.2 Å². The van der Waals surface area contributed by atoms with Crippen molar-refractivity contribution >= 4 is 22.4 Å². The first kappa shape index (κ1) is 13.0. The number of fused-ring (bicyclic) bond motifs is 1. The maximum absolute atomic E-state index is 13.2. The van der Waals surface area contributed by atoms with Crippen molar-refractivity contribution in [3.05, 3.63) is 24.0 Å². The molecular formula is C14H16F2N4. The smallest absolute Gasteiger partial charge is 0.248 e. The van der Waals surface area contributed by atoms with Crippen LogP contribution in [0.25, 0.3) is 10.9 Å². The van der Waals surface area contributed by atoms with Crippen LogP contribution in [0, 0.1) is 0 Å². The summed E-state index contributed by atoms with van der Waals surface area (Å²) in [5.41, 5.74) is 13.0. The number of alkyl halides is 2. The molecule has 0 aliphatic heterocycles. The van der Waals surface area contributed by atoms with Crippen molar-refractivity contribution in [2.24, 2.45) is 0 Å². The monoisotopic (exact) mass is 278 g/mol. The molecule has 1 aromatic carbocycles. The molecule has 0 spiro atoms. The lowest BCUT2D eigenvalue weighted by Gasteiger charge is -2.27. The van der Waals surface area contributed by atoms with Crippen LogP contribution in [-0.2, 0) is 0 Å². The Labute approximate surface area is 115 Å². The van der Waals surface area contributed by atoms with E-state index in [1.165, 1.54) is 0 Å². The third-order valence-corrected chi connectivity index (χ3v) is 3.89. The van der Waals surface area contributed by atoms with Gasteiger partial charge in [-0.1, -0.05) is 6.07 Å². The molecule has 1 saturated carbocycles. The molecule has 1 heterocycles. The van der Waals surface area contributed by atoms with Crippen molar-refractivity contribution < 1.29 is 8.78 Å². The lowest BCUT2D eigenvalue weighted by atomic mass is 9.86. The minimum Gasteiger partial charge on any atom is -0.397 e. The fraction of sp³-hybridized carbons (Fsp3) is 0.429. The van der Waals surface area contributed by atoms with E-state index >= 15 is 0 Å². The van der Waals surface area contributed by atoms with Gasteiger partial charge in [0.2, 0.25) is 5.92 Å². The summed E-state index contributed by atoms with van der Waals surface area (Å²) in [6, 6.07) is 5.34. The Morgan fingerprint density at radius 3 is 2.50 bits per heavy atom. The van der Waals surface area contributed by atoms with E-state index in [0.29, 0.717) is 41.1 Å². The molecule has 106 valence electrons. The number of rotatable bonds is 1. The average molecular weight is 278 g/mol. The summed E-state index contributed by atoms with van der Waals surface area (Å²) >= 11 is 0. The second kappa shape index (κ2) is 4.54. The van der Waals surface area contributed by atoms with E-state index in [4.69, 9.17) is 11.5 Å². The minimum absolute atomic E-state index is 0.0686. The highest BCUT2D eigenvalue weighted by Gasteiger charge is 2.36. The van der Waals surface area contributed by atoms with Crippen molar-refractivity contribution in [2.45, 2.75) is 37.5 Å². The fourth-order valence-electron chi connectivity index (χ4n) is 2.70. The molecule has 20 heavy (non-hydrogen) atoms. The number of hydrogen-bond donors (Lipinski definition) is 2. The van der Waals surface area contributed by atoms with Crippen molar-refractivity contribution in [3.8, 4) is 0 Å². The molecule has 6 heteroatoms. The van der Waals surface area contributed by atoms with Crippen LogP contribution in [0.2, 0.25) is 0 Å². The van der Waals surface area contributed by atoms with Gasteiger partial charge in [-0.15, -0.1) is 0 Å². The molecule has 0 bridgehead atoms. The number of nitrogen functional groups attached to an aromatic ring is 2. The quantitative estimate of drug-likeness (QED) is 0.786. The topological polar surface area (TPSA) is 77.8 Å². The Morgan fingerprint density at radius 2 is 1.80 bits per heavy atom. The Morgan fingerprint density at radius 1 is 1.10 bits per heavy atom. The van der Waals surface area contributed by atoms with Gasteiger partial charge in [-0.3, -0.25) is 0 Å². The van der Waals surface area contributed by atoms with Crippen LogP contribution in [0.3, 0.4) is 0 Å². The van der Waals surface area contributed by atoms with E-state index < -0.39 is 5.92 Å².